The number of carbonyl (C=O) groups excluding carboxylic acids is 2. The number of aryl methyl sites for hydroxylation is 1. The second kappa shape index (κ2) is 8.16. The van der Waals surface area contributed by atoms with Crippen molar-refractivity contribution in [1.29, 1.82) is 0 Å². The number of rotatable bonds is 7. The summed E-state index contributed by atoms with van der Waals surface area (Å²) < 4.78 is 0. The summed E-state index contributed by atoms with van der Waals surface area (Å²) in [4.78, 5) is 40.5. The molecule has 1 aromatic carbocycles. The van der Waals surface area contributed by atoms with E-state index in [1.165, 1.54) is 11.3 Å². The number of aromatic amines is 1. The Morgan fingerprint density at radius 1 is 1.44 bits per heavy atom. The van der Waals surface area contributed by atoms with Crippen molar-refractivity contribution in [2.45, 2.75) is 32.2 Å². The van der Waals surface area contributed by atoms with E-state index in [1.807, 2.05) is 13.1 Å². The van der Waals surface area contributed by atoms with Crippen molar-refractivity contribution >= 4 is 23.5 Å². The number of thiazole rings is 1. The molecule has 8 heteroatoms. The van der Waals surface area contributed by atoms with Crippen molar-refractivity contribution in [2.24, 2.45) is 5.41 Å². The highest BCUT2D eigenvalue weighted by atomic mass is 32.1. The molecule has 0 unspecified atom stereocenters. The Balaban J connectivity index is 1.68. The second-order valence-electron chi connectivity index (χ2n) is 7.21. The summed E-state index contributed by atoms with van der Waals surface area (Å²) >= 11 is 1.20. The maximum Gasteiger partial charge on any atom is 0.304 e. The summed E-state index contributed by atoms with van der Waals surface area (Å²) in [5.41, 5.74) is 3.71. The highest BCUT2D eigenvalue weighted by molar-refractivity contribution is 7.09. The normalized spacial score (nSPS) is 18.9. The van der Waals surface area contributed by atoms with Gasteiger partial charge in [0.25, 0.3) is 5.91 Å². The Morgan fingerprint density at radius 2 is 2.26 bits per heavy atom. The third-order valence-corrected chi connectivity index (χ3v) is 6.06. The molecule has 1 aliphatic rings. The highest BCUT2D eigenvalue weighted by Crippen LogP contribution is 2.37. The zero-order valence-corrected chi connectivity index (χ0v) is 16.0. The van der Waals surface area contributed by atoms with Crippen LogP contribution in [0.5, 0.6) is 0 Å². The molecule has 1 amide bonds. The first-order valence-corrected chi connectivity index (χ1v) is 9.65. The molecule has 27 heavy (non-hydrogen) atoms. The third kappa shape index (κ3) is 4.52. The standard InChI is InChI=1S/C19H23N3O4S/c1-22(11-16-10-20-18(25)27-16)7-6-19(12-23)5-4-13-2-3-14(17(24)21-26)8-15(13)9-19/h2-3,8,10,12,26H,4-7,9,11H2,1H3,(H,20,25)(H,21,24)/t19-/m1/s1. The van der Waals surface area contributed by atoms with Crippen LogP contribution in [0.3, 0.4) is 0 Å². The van der Waals surface area contributed by atoms with Crippen molar-refractivity contribution < 1.29 is 14.8 Å². The van der Waals surface area contributed by atoms with Crippen molar-refractivity contribution in [3.8, 4) is 0 Å². The van der Waals surface area contributed by atoms with Crippen molar-refractivity contribution in [3.63, 3.8) is 0 Å². The number of nitrogens with one attached hydrogen (secondary N) is 2. The van der Waals surface area contributed by atoms with E-state index in [0.717, 1.165) is 41.7 Å². The number of hydrogen-bond donors (Lipinski definition) is 3. The molecule has 144 valence electrons. The minimum absolute atomic E-state index is 0.0608. The number of carbonyl (C=O) groups is 2. The number of amides is 1. The van der Waals surface area contributed by atoms with Crippen LogP contribution in [0.1, 0.15) is 39.2 Å². The molecule has 0 spiro atoms. The monoisotopic (exact) mass is 389 g/mol. The summed E-state index contributed by atoms with van der Waals surface area (Å²) in [5.74, 6) is -0.551. The van der Waals surface area contributed by atoms with Gasteiger partial charge in [0.15, 0.2) is 0 Å². The molecule has 7 nitrogen and oxygen atoms in total. The van der Waals surface area contributed by atoms with E-state index in [-0.39, 0.29) is 4.87 Å². The molecule has 3 rings (SSSR count). The number of fused-ring (bicyclic) bond motifs is 1. The molecule has 0 aliphatic heterocycles. The first kappa shape index (κ1) is 19.5. The van der Waals surface area contributed by atoms with Gasteiger partial charge in [0.1, 0.15) is 6.29 Å². The molecular weight excluding hydrogens is 366 g/mol. The predicted octanol–water partition coefficient (Wildman–Crippen LogP) is 1.75. The van der Waals surface area contributed by atoms with Gasteiger partial charge in [-0.1, -0.05) is 17.4 Å². The average molecular weight is 389 g/mol. The second-order valence-corrected chi connectivity index (χ2v) is 8.31. The maximum atomic E-state index is 12.0. The number of hydroxylamine groups is 1. The minimum atomic E-state index is -0.551. The lowest BCUT2D eigenvalue weighted by Crippen LogP contribution is -2.34. The number of aromatic nitrogens is 1. The lowest BCUT2D eigenvalue weighted by Gasteiger charge is -2.35. The third-order valence-electron chi connectivity index (χ3n) is 5.25. The summed E-state index contributed by atoms with van der Waals surface area (Å²) in [7, 11) is 1.98. The SMILES string of the molecule is CN(CC[C@]1(C=O)CCc2ccc(C(=O)NO)cc2C1)Cc1c[nH]c(=O)s1. The highest BCUT2D eigenvalue weighted by Gasteiger charge is 2.34. The van der Waals surface area contributed by atoms with E-state index in [9.17, 15) is 14.4 Å². The van der Waals surface area contributed by atoms with E-state index in [4.69, 9.17) is 5.21 Å². The first-order valence-electron chi connectivity index (χ1n) is 8.83. The van der Waals surface area contributed by atoms with Crippen molar-refractivity contribution in [1.82, 2.24) is 15.4 Å². The minimum Gasteiger partial charge on any atom is -0.319 e. The van der Waals surface area contributed by atoms with E-state index in [2.05, 4.69) is 9.88 Å². The van der Waals surface area contributed by atoms with Crippen LogP contribution in [0.15, 0.2) is 29.2 Å². The van der Waals surface area contributed by atoms with Gasteiger partial charge in [0.05, 0.1) is 0 Å². The molecular formula is C19H23N3O4S. The molecule has 0 bridgehead atoms. The number of H-pyrrole nitrogens is 1. The van der Waals surface area contributed by atoms with E-state index < -0.39 is 11.3 Å². The fourth-order valence-corrected chi connectivity index (χ4v) is 4.38. The Bertz CT molecular complexity index is 891. The van der Waals surface area contributed by atoms with Crippen LogP contribution in [0, 0.1) is 5.41 Å². The molecule has 1 aliphatic carbocycles. The molecule has 1 atom stereocenters. The summed E-state index contributed by atoms with van der Waals surface area (Å²) in [6.45, 7) is 1.40. The van der Waals surface area contributed by atoms with Gasteiger partial charge in [0, 0.05) is 28.6 Å². The van der Waals surface area contributed by atoms with E-state index >= 15 is 0 Å². The fourth-order valence-electron chi connectivity index (χ4n) is 3.62. The molecule has 1 aromatic heterocycles. The van der Waals surface area contributed by atoms with E-state index in [0.29, 0.717) is 24.9 Å². The molecule has 1 heterocycles. The Hall–Kier alpha value is -2.29. The van der Waals surface area contributed by atoms with Gasteiger partial charge in [-0.05, 0) is 62.5 Å². The average Bonchev–Trinajstić information content (AvgIpc) is 3.09. The van der Waals surface area contributed by atoms with Gasteiger partial charge in [-0.2, -0.15) is 0 Å². The predicted molar refractivity (Wildman–Crippen MR) is 102 cm³/mol. The maximum absolute atomic E-state index is 12.0. The van der Waals surface area contributed by atoms with Crippen molar-refractivity contribution in [2.75, 3.05) is 13.6 Å². The number of aldehydes is 1. The molecule has 0 fully saturated rings. The van der Waals surface area contributed by atoms with Crippen LogP contribution in [0.25, 0.3) is 0 Å². The van der Waals surface area contributed by atoms with Crippen LogP contribution in [-0.2, 0) is 24.2 Å². The Morgan fingerprint density at radius 3 is 2.93 bits per heavy atom. The van der Waals surface area contributed by atoms with Crippen LogP contribution < -0.4 is 10.4 Å². The Labute approximate surface area is 161 Å². The number of nitrogens with zero attached hydrogens (tertiary/aromatic N) is 1. The Kier molecular flexibility index (Phi) is 5.88. The molecule has 0 radical (unpaired) electrons. The summed E-state index contributed by atoms with van der Waals surface area (Å²) in [6.07, 6.45) is 5.64. The van der Waals surface area contributed by atoms with Crippen molar-refractivity contribution in [3.05, 3.63) is 55.6 Å². The van der Waals surface area contributed by atoms with Crippen LogP contribution in [0.4, 0.5) is 0 Å². The lowest BCUT2D eigenvalue weighted by atomic mass is 9.70. The zero-order valence-electron chi connectivity index (χ0n) is 15.2. The fraction of sp³-hybridized carbons (Fsp3) is 0.421. The molecule has 2 aromatic rings. The van der Waals surface area contributed by atoms with Crippen LogP contribution >= 0.6 is 11.3 Å². The van der Waals surface area contributed by atoms with E-state index in [1.54, 1.807) is 23.8 Å². The quantitative estimate of drug-likeness (QED) is 0.380. The smallest absolute Gasteiger partial charge is 0.304 e. The lowest BCUT2D eigenvalue weighted by molar-refractivity contribution is -0.117. The van der Waals surface area contributed by atoms with Crippen LogP contribution in [0.2, 0.25) is 0 Å². The topological polar surface area (TPSA) is 102 Å². The van der Waals surface area contributed by atoms with Gasteiger partial charge in [-0.15, -0.1) is 0 Å². The van der Waals surface area contributed by atoms with Crippen LogP contribution in [-0.4, -0.2) is 40.9 Å². The zero-order chi connectivity index (χ0) is 19.4. The molecule has 3 N–H and O–H groups in total. The largest absolute Gasteiger partial charge is 0.319 e. The molecule has 0 saturated carbocycles. The van der Waals surface area contributed by atoms with Gasteiger partial charge >= 0.3 is 4.87 Å². The van der Waals surface area contributed by atoms with Gasteiger partial charge in [-0.25, -0.2) is 5.48 Å². The first-order chi connectivity index (χ1) is 12.9. The van der Waals surface area contributed by atoms with Gasteiger partial charge in [0.2, 0.25) is 0 Å². The summed E-state index contributed by atoms with van der Waals surface area (Å²) in [5, 5.41) is 8.83. The van der Waals surface area contributed by atoms with Gasteiger partial charge < -0.3 is 14.7 Å². The number of hydrogen-bond acceptors (Lipinski definition) is 6. The summed E-state index contributed by atoms with van der Waals surface area (Å²) in [6, 6.07) is 5.35. The molecule has 0 saturated heterocycles. The van der Waals surface area contributed by atoms with Gasteiger partial charge in [-0.3, -0.25) is 14.8 Å². The number of benzene rings is 1.